The van der Waals surface area contributed by atoms with Crippen molar-refractivity contribution in [3.63, 3.8) is 0 Å². The van der Waals surface area contributed by atoms with E-state index in [4.69, 9.17) is 5.11 Å². The molecule has 1 spiro atoms. The summed E-state index contributed by atoms with van der Waals surface area (Å²) in [4.78, 5) is 42.8. The van der Waals surface area contributed by atoms with Crippen LogP contribution in [0, 0.1) is 5.41 Å². The number of rotatable bonds is 4. The van der Waals surface area contributed by atoms with Gasteiger partial charge in [-0.25, -0.2) is 0 Å². The van der Waals surface area contributed by atoms with Gasteiger partial charge in [-0.1, -0.05) is 6.42 Å². The summed E-state index contributed by atoms with van der Waals surface area (Å²) in [6.07, 6.45) is 5.85. The Morgan fingerprint density at radius 2 is 1.80 bits per heavy atom. The van der Waals surface area contributed by atoms with Gasteiger partial charge in [0.15, 0.2) is 0 Å². The highest BCUT2D eigenvalue weighted by molar-refractivity contribution is 5.88. The van der Waals surface area contributed by atoms with E-state index in [1.54, 1.807) is 14.7 Å². The quantitative estimate of drug-likeness (QED) is 0.786. The minimum Gasteiger partial charge on any atom is -0.395 e. The van der Waals surface area contributed by atoms with Gasteiger partial charge in [0.05, 0.1) is 18.6 Å². The predicted octanol–water partition coefficient (Wildman–Crippen LogP) is 0.222. The molecule has 0 unspecified atom stereocenters. The molecule has 0 bridgehead atoms. The molecule has 7 nitrogen and oxygen atoms in total. The maximum atomic E-state index is 12.8. The summed E-state index contributed by atoms with van der Waals surface area (Å²) in [5.41, 5.74) is -0.480. The first-order chi connectivity index (χ1) is 12.1. The highest BCUT2D eigenvalue weighted by atomic mass is 16.3. The van der Waals surface area contributed by atoms with E-state index >= 15 is 0 Å². The van der Waals surface area contributed by atoms with E-state index in [0.29, 0.717) is 45.6 Å². The lowest BCUT2D eigenvalue weighted by atomic mass is 9.78. The Hall–Kier alpha value is -1.63. The van der Waals surface area contributed by atoms with Crippen LogP contribution < -0.4 is 0 Å². The Labute approximate surface area is 148 Å². The molecule has 3 heterocycles. The van der Waals surface area contributed by atoms with Crippen molar-refractivity contribution in [1.82, 2.24) is 14.7 Å². The molecule has 3 aliphatic heterocycles. The molecule has 3 saturated heterocycles. The average Bonchev–Trinajstić information content (AvgIpc) is 2.92. The summed E-state index contributed by atoms with van der Waals surface area (Å²) in [7, 11) is 0. The van der Waals surface area contributed by atoms with Crippen molar-refractivity contribution >= 4 is 17.7 Å². The molecule has 0 aromatic heterocycles. The number of hydrogen-bond donors (Lipinski definition) is 1. The molecule has 7 heteroatoms. The number of amides is 3. The predicted molar refractivity (Wildman–Crippen MR) is 91.6 cm³/mol. The smallest absolute Gasteiger partial charge is 0.242 e. The Morgan fingerprint density at radius 1 is 1.00 bits per heavy atom. The summed E-state index contributed by atoms with van der Waals surface area (Å²) in [5, 5.41) is 9.14. The fourth-order valence-corrected chi connectivity index (χ4v) is 4.42. The number of β-amino-alcohol motifs (C(OH)–C–C–N with tert-alkyl or cyclic N) is 1. The van der Waals surface area contributed by atoms with E-state index < -0.39 is 5.41 Å². The molecule has 3 amide bonds. The van der Waals surface area contributed by atoms with E-state index in [1.807, 2.05) is 0 Å². The zero-order valence-electron chi connectivity index (χ0n) is 14.9. The highest BCUT2D eigenvalue weighted by Gasteiger charge is 2.49. The van der Waals surface area contributed by atoms with E-state index in [2.05, 4.69) is 0 Å². The number of carbonyl (C=O) groups is 3. The molecule has 140 valence electrons. The lowest BCUT2D eigenvalue weighted by Gasteiger charge is -2.39. The molecule has 0 aromatic rings. The van der Waals surface area contributed by atoms with Gasteiger partial charge in [0.1, 0.15) is 0 Å². The minimum atomic E-state index is -0.480. The third-order valence-electron chi connectivity index (χ3n) is 5.90. The van der Waals surface area contributed by atoms with Crippen molar-refractivity contribution < 1.29 is 19.5 Å². The summed E-state index contributed by atoms with van der Waals surface area (Å²) >= 11 is 0. The number of piperidine rings is 1. The van der Waals surface area contributed by atoms with Crippen molar-refractivity contribution in [3.8, 4) is 0 Å². The molecule has 0 aromatic carbocycles. The summed E-state index contributed by atoms with van der Waals surface area (Å²) < 4.78 is 0. The zero-order valence-corrected chi connectivity index (χ0v) is 14.9. The van der Waals surface area contributed by atoms with Gasteiger partial charge in [-0.2, -0.15) is 0 Å². The van der Waals surface area contributed by atoms with Crippen LogP contribution in [0.15, 0.2) is 0 Å². The Morgan fingerprint density at radius 3 is 2.60 bits per heavy atom. The first-order valence-corrected chi connectivity index (χ1v) is 9.51. The first kappa shape index (κ1) is 18.2. The standard InChI is InChI=1S/C18H29N3O4/c22-12-11-19-9-4-6-18(17(19)25)7-10-21(14-18)16(24)13-20-8-3-1-2-5-15(20)23/h22H,1-14H2/t18-/m0/s1. The van der Waals surface area contributed by atoms with Crippen molar-refractivity contribution in [1.29, 1.82) is 0 Å². The average molecular weight is 351 g/mol. The Bertz CT molecular complexity index is 536. The van der Waals surface area contributed by atoms with Crippen molar-refractivity contribution in [2.75, 3.05) is 45.9 Å². The molecule has 3 aliphatic rings. The van der Waals surface area contributed by atoms with Crippen LogP contribution in [0.2, 0.25) is 0 Å². The van der Waals surface area contributed by atoms with Crippen LogP contribution in [0.4, 0.5) is 0 Å². The number of carbonyl (C=O) groups excluding carboxylic acids is 3. The minimum absolute atomic E-state index is 0.0263. The second kappa shape index (κ2) is 7.72. The number of aliphatic hydroxyl groups is 1. The largest absolute Gasteiger partial charge is 0.395 e. The maximum absolute atomic E-state index is 12.8. The fraction of sp³-hybridized carbons (Fsp3) is 0.833. The van der Waals surface area contributed by atoms with Crippen LogP contribution >= 0.6 is 0 Å². The van der Waals surface area contributed by atoms with Crippen LogP contribution in [0.3, 0.4) is 0 Å². The second-order valence-electron chi connectivity index (χ2n) is 7.59. The fourth-order valence-electron chi connectivity index (χ4n) is 4.42. The van der Waals surface area contributed by atoms with E-state index in [1.165, 1.54) is 0 Å². The number of likely N-dealkylation sites (tertiary alicyclic amines) is 3. The highest BCUT2D eigenvalue weighted by Crippen LogP contribution is 2.40. The van der Waals surface area contributed by atoms with Crippen LogP contribution in [0.25, 0.3) is 0 Å². The van der Waals surface area contributed by atoms with Crippen molar-refractivity contribution in [2.45, 2.75) is 44.9 Å². The Kier molecular flexibility index (Phi) is 5.61. The third-order valence-corrected chi connectivity index (χ3v) is 5.90. The number of hydrogen-bond acceptors (Lipinski definition) is 4. The lowest BCUT2D eigenvalue weighted by molar-refractivity contribution is -0.147. The van der Waals surface area contributed by atoms with Crippen LogP contribution in [-0.4, -0.2) is 83.4 Å². The molecular formula is C18H29N3O4. The topological polar surface area (TPSA) is 81.2 Å². The second-order valence-corrected chi connectivity index (χ2v) is 7.59. The molecule has 0 aliphatic carbocycles. The van der Waals surface area contributed by atoms with Gasteiger partial charge in [0, 0.05) is 39.1 Å². The summed E-state index contributed by atoms with van der Waals surface area (Å²) in [6.45, 7) is 2.88. The van der Waals surface area contributed by atoms with Gasteiger partial charge in [0.2, 0.25) is 17.7 Å². The zero-order chi connectivity index (χ0) is 17.9. The molecular weight excluding hydrogens is 322 g/mol. The molecule has 1 atom stereocenters. The molecule has 1 N–H and O–H groups in total. The molecule has 25 heavy (non-hydrogen) atoms. The molecule has 3 rings (SSSR count). The summed E-state index contributed by atoms with van der Waals surface area (Å²) in [5.74, 6) is 0.107. The van der Waals surface area contributed by atoms with Gasteiger partial charge < -0.3 is 19.8 Å². The van der Waals surface area contributed by atoms with E-state index in [9.17, 15) is 14.4 Å². The number of nitrogens with zero attached hydrogens (tertiary/aromatic N) is 3. The third kappa shape index (κ3) is 3.81. The van der Waals surface area contributed by atoms with E-state index in [0.717, 1.165) is 32.1 Å². The monoisotopic (exact) mass is 351 g/mol. The van der Waals surface area contributed by atoms with Crippen molar-refractivity contribution in [3.05, 3.63) is 0 Å². The molecule has 0 saturated carbocycles. The van der Waals surface area contributed by atoms with Gasteiger partial charge in [0.25, 0.3) is 0 Å². The van der Waals surface area contributed by atoms with Crippen LogP contribution in [0.1, 0.15) is 44.9 Å². The lowest BCUT2D eigenvalue weighted by Crippen LogP contribution is -2.51. The van der Waals surface area contributed by atoms with Gasteiger partial charge >= 0.3 is 0 Å². The molecule has 0 radical (unpaired) electrons. The van der Waals surface area contributed by atoms with Crippen molar-refractivity contribution in [2.24, 2.45) is 5.41 Å². The van der Waals surface area contributed by atoms with Gasteiger partial charge in [-0.3, -0.25) is 14.4 Å². The van der Waals surface area contributed by atoms with Crippen LogP contribution in [0.5, 0.6) is 0 Å². The maximum Gasteiger partial charge on any atom is 0.242 e. The summed E-state index contributed by atoms with van der Waals surface area (Å²) in [6, 6.07) is 0. The first-order valence-electron chi connectivity index (χ1n) is 9.51. The Balaban J connectivity index is 1.60. The van der Waals surface area contributed by atoms with E-state index in [-0.39, 0.29) is 30.9 Å². The normalized spacial score (nSPS) is 28.0. The SMILES string of the molecule is O=C1CCCCCN1CC(=O)N1CC[C@@]2(CCCN(CCO)C2=O)C1. The molecule has 3 fully saturated rings. The van der Waals surface area contributed by atoms with Crippen LogP contribution in [-0.2, 0) is 14.4 Å². The van der Waals surface area contributed by atoms with Gasteiger partial charge in [-0.15, -0.1) is 0 Å². The number of aliphatic hydroxyl groups excluding tert-OH is 1. The van der Waals surface area contributed by atoms with Gasteiger partial charge in [-0.05, 0) is 32.1 Å².